The molecule has 4 rings (SSSR count). The fraction of sp³-hybridized carbons (Fsp3) is 0.200. The fourth-order valence-corrected chi connectivity index (χ4v) is 3.41. The average molecular weight is 351 g/mol. The highest BCUT2D eigenvalue weighted by atomic mass is 19.1. The smallest absolute Gasteiger partial charge is 0.271 e. The lowest BCUT2D eigenvalue weighted by atomic mass is 10.1. The van der Waals surface area contributed by atoms with Gasteiger partial charge in [-0.25, -0.2) is 4.39 Å². The number of carbonyl (C=O) groups excluding carboxylic acids is 2. The second-order valence-electron chi connectivity index (χ2n) is 6.58. The van der Waals surface area contributed by atoms with Gasteiger partial charge in [-0.1, -0.05) is 36.4 Å². The zero-order valence-corrected chi connectivity index (χ0v) is 14.2. The number of nitrogens with zero attached hydrogens (tertiary/aromatic N) is 1. The number of rotatable bonds is 3. The highest BCUT2D eigenvalue weighted by Gasteiger charge is 2.45. The molecule has 0 unspecified atom stereocenters. The van der Waals surface area contributed by atoms with Gasteiger partial charge in [0.2, 0.25) is 5.91 Å². The predicted octanol–water partition coefficient (Wildman–Crippen LogP) is 2.88. The molecule has 2 atom stereocenters. The molecule has 26 heavy (non-hydrogen) atoms. The molecule has 1 aliphatic carbocycles. The maximum atomic E-state index is 13.8. The first-order valence-corrected chi connectivity index (χ1v) is 8.45. The lowest BCUT2D eigenvalue weighted by Crippen LogP contribution is -2.42. The summed E-state index contributed by atoms with van der Waals surface area (Å²) >= 11 is 0. The summed E-state index contributed by atoms with van der Waals surface area (Å²) in [5.74, 6) is -1.43. The van der Waals surface area contributed by atoms with Crippen LogP contribution < -0.4 is 10.9 Å². The first-order valence-electron chi connectivity index (χ1n) is 8.45. The summed E-state index contributed by atoms with van der Waals surface area (Å²) in [5.41, 5.74) is 6.91. The zero-order chi connectivity index (χ0) is 18.3. The van der Waals surface area contributed by atoms with E-state index in [0.717, 1.165) is 10.9 Å². The van der Waals surface area contributed by atoms with Gasteiger partial charge in [0.25, 0.3) is 5.91 Å². The fourth-order valence-electron chi connectivity index (χ4n) is 3.41. The van der Waals surface area contributed by atoms with Gasteiger partial charge in [-0.15, -0.1) is 0 Å². The number of hydrazine groups is 1. The van der Waals surface area contributed by atoms with E-state index in [4.69, 9.17) is 0 Å². The van der Waals surface area contributed by atoms with E-state index in [1.165, 1.54) is 6.07 Å². The van der Waals surface area contributed by atoms with Crippen LogP contribution in [0, 0.1) is 11.7 Å². The van der Waals surface area contributed by atoms with Gasteiger partial charge in [-0.3, -0.25) is 20.4 Å². The van der Waals surface area contributed by atoms with Gasteiger partial charge in [0, 0.05) is 30.1 Å². The molecule has 1 heterocycles. The summed E-state index contributed by atoms with van der Waals surface area (Å²) in [7, 11) is 1.86. The van der Waals surface area contributed by atoms with Gasteiger partial charge in [-0.05, 0) is 30.0 Å². The molecule has 3 aromatic rings. The van der Waals surface area contributed by atoms with Crippen LogP contribution in [-0.2, 0) is 11.8 Å². The Morgan fingerprint density at radius 1 is 1.08 bits per heavy atom. The molecule has 5 nitrogen and oxygen atoms in total. The maximum absolute atomic E-state index is 13.8. The summed E-state index contributed by atoms with van der Waals surface area (Å²) in [6.07, 6.45) is 2.31. The lowest BCUT2D eigenvalue weighted by molar-refractivity contribution is -0.123. The number of fused-ring (bicyclic) bond motifs is 1. The normalized spacial score (nSPS) is 18.5. The largest absolute Gasteiger partial charge is 0.350 e. The molecule has 0 radical (unpaired) electrons. The highest BCUT2D eigenvalue weighted by Crippen LogP contribution is 2.48. The number of halogens is 1. The highest BCUT2D eigenvalue weighted by molar-refractivity contribution is 6.07. The number of benzene rings is 2. The molecule has 0 spiro atoms. The van der Waals surface area contributed by atoms with Crippen molar-refractivity contribution >= 4 is 22.7 Å². The van der Waals surface area contributed by atoms with Crippen molar-refractivity contribution in [3.8, 4) is 0 Å². The summed E-state index contributed by atoms with van der Waals surface area (Å²) in [4.78, 5) is 24.7. The van der Waals surface area contributed by atoms with Gasteiger partial charge >= 0.3 is 0 Å². The number of hydrogen-bond donors (Lipinski definition) is 2. The Labute approximate surface area is 149 Å². The number of aromatic nitrogens is 1. The number of amides is 2. The number of hydrogen-bond acceptors (Lipinski definition) is 2. The summed E-state index contributed by atoms with van der Waals surface area (Å²) in [5, 5.41) is 0.817. The molecule has 2 amide bonds. The Bertz CT molecular complexity index is 1010. The molecule has 6 heteroatoms. The summed E-state index contributed by atoms with van der Waals surface area (Å²) in [6, 6.07) is 14.0. The minimum absolute atomic E-state index is 0.134. The van der Waals surface area contributed by atoms with Crippen molar-refractivity contribution in [1.29, 1.82) is 0 Å². The molecular formula is C20H18FN3O2. The standard InChI is InChI=1S/C20H18FN3O2/c1-24-11-16(13-7-3-5-9-18(13)24)20(26)23-22-19(25)15-10-14(15)12-6-2-4-8-17(12)21/h2-9,11,14-15H,10H2,1H3,(H,22,25)(H,23,26)/t14-,15+/m0/s1. The SMILES string of the molecule is Cn1cc(C(=O)NNC(=O)[C@@H]2C[C@H]2c2ccccc2F)c2ccccc21. The monoisotopic (exact) mass is 351 g/mol. The lowest BCUT2D eigenvalue weighted by Gasteiger charge is -2.07. The topological polar surface area (TPSA) is 63.1 Å². The Morgan fingerprint density at radius 2 is 1.81 bits per heavy atom. The van der Waals surface area contributed by atoms with Crippen molar-refractivity contribution < 1.29 is 14.0 Å². The number of para-hydroxylation sites is 1. The van der Waals surface area contributed by atoms with Gasteiger partial charge in [-0.2, -0.15) is 0 Å². The molecule has 1 aromatic heterocycles. The van der Waals surface area contributed by atoms with Crippen LogP contribution in [0.4, 0.5) is 4.39 Å². The van der Waals surface area contributed by atoms with Gasteiger partial charge in [0.1, 0.15) is 5.82 Å². The van der Waals surface area contributed by atoms with Crippen LogP contribution in [0.15, 0.2) is 54.7 Å². The Morgan fingerprint density at radius 3 is 2.62 bits per heavy atom. The maximum Gasteiger partial charge on any atom is 0.271 e. The minimum atomic E-state index is -0.377. The molecule has 132 valence electrons. The second kappa shape index (κ2) is 6.29. The Balaban J connectivity index is 1.41. The van der Waals surface area contributed by atoms with Crippen LogP contribution in [0.2, 0.25) is 0 Å². The van der Waals surface area contributed by atoms with Crippen molar-refractivity contribution in [1.82, 2.24) is 15.4 Å². The molecule has 0 saturated heterocycles. The van der Waals surface area contributed by atoms with E-state index in [9.17, 15) is 14.0 Å². The summed E-state index contributed by atoms with van der Waals surface area (Å²) in [6.45, 7) is 0. The molecule has 0 bridgehead atoms. The van der Waals surface area contributed by atoms with E-state index in [-0.39, 0.29) is 29.5 Å². The molecule has 2 aromatic carbocycles. The molecule has 0 aliphatic heterocycles. The molecule has 1 aliphatic rings. The Hall–Kier alpha value is -3.15. The van der Waals surface area contributed by atoms with E-state index in [0.29, 0.717) is 17.5 Å². The van der Waals surface area contributed by atoms with Gasteiger partial charge < -0.3 is 4.57 Å². The van der Waals surface area contributed by atoms with Crippen molar-refractivity contribution in [2.24, 2.45) is 13.0 Å². The van der Waals surface area contributed by atoms with Crippen LogP contribution in [0.5, 0.6) is 0 Å². The molecular weight excluding hydrogens is 333 g/mol. The van der Waals surface area contributed by atoms with Crippen LogP contribution in [0.3, 0.4) is 0 Å². The zero-order valence-electron chi connectivity index (χ0n) is 14.2. The number of carbonyl (C=O) groups is 2. The van der Waals surface area contributed by atoms with Crippen LogP contribution >= 0.6 is 0 Å². The summed E-state index contributed by atoms with van der Waals surface area (Å²) < 4.78 is 15.7. The minimum Gasteiger partial charge on any atom is -0.350 e. The van der Waals surface area contributed by atoms with Gasteiger partial charge in [0.15, 0.2) is 0 Å². The molecule has 2 N–H and O–H groups in total. The van der Waals surface area contributed by atoms with Crippen molar-refractivity contribution in [3.63, 3.8) is 0 Å². The van der Waals surface area contributed by atoms with E-state index in [1.807, 2.05) is 35.9 Å². The van der Waals surface area contributed by atoms with E-state index < -0.39 is 0 Å². The average Bonchev–Trinajstić information content (AvgIpc) is 3.38. The van der Waals surface area contributed by atoms with Crippen molar-refractivity contribution in [3.05, 3.63) is 71.7 Å². The third-order valence-corrected chi connectivity index (χ3v) is 4.87. The molecule has 1 saturated carbocycles. The van der Waals surface area contributed by atoms with E-state index in [2.05, 4.69) is 10.9 Å². The van der Waals surface area contributed by atoms with Crippen molar-refractivity contribution in [2.75, 3.05) is 0 Å². The van der Waals surface area contributed by atoms with Crippen LogP contribution in [-0.4, -0.2) is 16.4 Å². The van der Waals surface area contributed by atoms with Crippen LogP contribution in [0.25, 0.3) is 10.9 Å². The third kappa shape index (κ3) is 2.83. The van der Waals surface area contributed by atoms with E-state index >= 15 is 0 Å². The molecule has 1 fully saturated rings. The number of nitrogens with one attached hydrogen (secondary N) is 2. The van der Waals surface area contributed by atoms with Crippen molar-refractivity contribution in [2.45, 2.75) is 12.3 Å². The number of aryl methyl sites for hydroxylation is 1. The van der Waals surface area contributed by atoms with E-state index in [1.54, 1.807) is 24.4 Å². The quantitative estimate of drug-likeness (QED) is 0.713. The first kappa shape index (κ1) is 16.3. The van der Waals surface area contributed by atoms with Gasteiger partial charge in [0.05, 0.1) is 5.56 Å². The second-order valence-corrected chi connectivity index (χ2v) is 6.58. The third-order valence-electron chi connectivity index (χ3n) is 4.87. The predicted molar refractivity (Wildman–Crippen MR) is 95.8 cm³/mol. The van der Waals surface area contributed by atoms with Crippen LogP contribution in [0.1, 0.15) is 28.3 Å². The Kier molecular flexibility index (Phi) is 3.95. The first-order chi connectivity index (χ1) is 12.6.